The maximum absolute atomic E-state index is 12.3. The molecule has 1 aromatic carbocycles. The summed E-state index contributed by atoms with van der Waals surface area (Å²) in [4.78, 5) is 16.5. The van der Waals surface area contributed by atoms with Crippen molar-refractivity contribution in [3.8, 4) is 11.5 Å². The number of fused-ring (bicyclic) bond motifs is 1. The molecule has 1 aromatic rings. The van der Waals surface area contributed by atoms with Gasteiger partial charge in [-0.3, -0.25) is 4.79 Å². The van der Waals surface area contributed by atoms with Crippen LogP contribution in [0.3, 0.4) is 0 Å². The number of amides is 1. The zero-order valence-electron chi connectivity index (χ0n) is 18.1. The molecule has 0 aliphatic carbocycles. The second-order valence-electron chi connectivity index (χ2n) is 7.45. The number of hydrogen-bond acceptors (Lipinski definition) is 6. The van der Waals surface area contributed by atoms with E-state index >= 15 is 0 Å². The molecule has 29 heavy (non-hydrogen) atoms. The van der Waals surface area contributed by atoms with Gasteiger partial charge in [0.25, 0.3) is 5.91 Å². The topological polar surface area (TPSA) is 66.4 Å². The van der Waals surface area contributed by atoms with Crippen LogP contribution in [0.15, 0.2) is 23.3 Å². The first kappa shape index (κ1) is 21.4. The molecular weight excluding hydrogens is 368 g/mol. The van der Waals surface area contributed by atoms with Crippen LogP contribution in [0.1, 0.15) is 45.7 Å². The molecule has 7 nitrogen and oxygen atoms in total. The quantitative estimate of drug-likeness (QED) is 0.688. The van der Waals surface area contributed by atoms with Crippen molar-refractivity contribution in [3.05, 3.63) is 23.8 Å². The number of ether oxygens (including phenoxy) is 2. The standard InChI is InChI=1S/C22H34N4O3/c1-5-25-12-11-18-17(14-25)22(24-23-18)16-9-10-19(20(13-16)28-8-4)29-15-21(27)26(6-2)7-3/h9-10,13,17,22,24H,5-8,11-12,14-15H2,1-4H3. The first-order valence-electron chi connectivity index (χ1n) is 10.8. The summed E-state index contributed by atoms with van der Waals surface area (Å²) in [6.45, 7) is 13.2. The first-order valence-corrected chi connectivity index (χ1v) is 10.8. The van der Waals surface area contributed by atoms with E-state index in [1.54, 1.807) is 4.90 Å². The Morgan fingerprint density at radius 2 is 2.00 bits per heavy atom. The van der Waals surface area contributed by atoms with Crippen molar-refractivity contribution in [2.75, 3.05) is 45.9 Å². The zero-order chi connectivity index (χ0) is 20.8. The summed E-state index contributed by atoms with van der Waals surface area (Å²) in [7, 11) is 0. The van der Waals surface area contributed by atoms with Crippen LogP contribution in [0.5, 0.6) is 11.5 Å². The van der Waals surface area contributed by atoms with Crippen LogP contribution in [0.25, 0.3) is 0 Å². The minimum absolute atomic E-state index is 0.0149. The highest BCUT2D eigenvalue weighted by molar-refractivity contribution is 5.90. The summed E-state index contributed by atoms with van der Waals surface area (Å²) in [5, 5.41) is 4.60. The third-order valence-electron chi connectivity index (χ3n) is 5.86. The van der Waals surface area contributed by atoms with Crippen LogP contribution >= 0.6 is 0 Å². The van der Waals surface area contributed by atoms with E-state index in [0.29, 0.717) is 37.1 Å². The molecule has 0 bridgehead atoms. The molecular formula is C22H34N4O3. The van der Waals surface area contributed by atoms with Gasteiger partial charge in [-0.1, -0.05) is 13.0 Å². The Bertz CT molecular complexity index is 733. The lowest BCUT2D eigenvalue weighted by Gasteiger charge is -2.33. The Balaban J connectivity index is 1.73. The summed E-state index contributed by atoms with van der Waals surface area (Å²) in [5.41, 5.74) is 5.74. The molecule has 3 rings (SSSR count). The second-order valence-corrected chi connectivity index (χ2v) is 7.45. The van der Waals surface area contributed by atoms with Gasteiger partial charge in [0, 0.05) is 44.2 Å². The van der Waals surface area contributed by atoms with E-state index in [-0.39, 0.29) is 18.6 Å². The van der Waals surface area contributed by atoms with Crippen LogP contribution in [0.4, 0.5) is 0 Å². The number of carbonyl (C=O) groups excluding carboxylic acids is 1. The lowest BCUT2D eigenvalue weighted by atomic mass is 9.86. The van der Waals surface area contributed by atoms with Crippen molar-refractivity contribution in [2.24, 2.45) is 11.0 Å². The van der Waals surface area contributed by atoms with E-state index in [4.69, 9.17) is 9.47 Å². The highest BCUT2D eigenvalue weighted by Crippen LogP contribution is 2.37. The lowest BCUT2D eigenvalue weighted by molar-refractivity contribution is -0.132. The molecule has 0 radical (unpaired) electrons. The van der Waals surface area contributed by atoms with E-state index in [1.807, 2.05) is 32.9 Å². The van der Waals surface area contributed by atoms with Gasteiger partial charge < -0.3 is 24.7 Å². The molecule has 7 heteroatoms. The van der Waals surface area contributed by atoms with Crippen molar-refractivity contribution in [1.82, 2.24) is 15.2 Å². The van der Waals surface area contributed by atoms with Crippen LogP contribution in [0, 0.1) is 5.92 Å². The Labute approximate surface area is 174 Å². The van der Waals surface area contributed by atoms with Crippen molar-refractivity contribution in [3.63, 3.8) is 0 Å². The Kier molecular flexibility index (Phi) is 7.36. The molecule has 2 aliphatic rings. The maximum atomic E-state index is 12.3. The van der Waals surface area contributed by atoms with Crippen LogP contribution < -0.4 is 14.9 Å². The molecule has 1 N–H and O–H groups in total. The summed E-state index contributed by atoms with van der Waals surface area (Å²) in [6, 6.07) is 6.14. The minimum atomic E-state index is -0.0149. The van der Waals surface area contributed by atoms with E-state index in [9.17, 15) is 4.79 Å². The Hall–Kier alpha value is -2.28. The highest BCUT2D eigenvalue weighted by Gasteiger charge is 2.36. The van der Waals surface area contributed by atoms with Gasteiger partial charge in [-0.05, 0) is 45.0 Å². The van der Waals surface area contributed by atoms with Gasteiger partial charge in [0.2, 0.25) is 0 Å². The molecule has 0 saturated carbocycles. The van der Waals surface area contributed by atoms with E-state index in [1.165, 1.54) is 5.71 Å². The fraction of sp³-hybridized carbons (Fsp3) is 0.636. The normalized spacial score (nSPS) is 21.2. The van der Waals surface area contributed by atoms with Crippen molar-refractivity contribution >= 4 is 11.6 Å². The number of carbonyl (C=O) groups is 1. The molecule has 0 spiro atoms. The van der Waals surface area contributed by atoms with Gasteiger partial charge >= 0.3 is 0 Å². The number of likely N-dealkylation sites (N-methyl/N-ethyl adjacent to an activating group) is 1. The summed E-state index contributed by atoms with van der Waals surface area (Å²) >= 11 is 0. The van der Waals surface area contributed by atoms with Gasteiger partial charge in [-0.2, -0.15) is 5.10 Å². The van der Waals surface area contributed by atoms with Gasteiger partial charge in [-0.15, -0.1) is 0 Å². The number of hydrogen-bond donors (Lipinski definition) is 1. The van der Waals surface area contributed by atoms with Crippen LogP contribution in [-0.2, 0) is 4.79 Å². The number of piperidine rings is 1. The Morgan fingerprint density at radius 3 is 2.69 bits per heavy atom. The fourth-order valence-corrected chi connectivity index (χ4v) is 4.12. The number of nitrogens with zero attached hydrogens (tertiary/aromatic N) is 3. The van der Waals surface area contributed by atoms with Gasteiger partial charge in [0.05, 0.1) is 12.6 Å². The van der Waals surface area contributed by atoms with Crippen LogP contribution in [0.2, 0.25) is 0 Å². The van der Waals surface area contributed by atoms with Crippen molar-refractivity contribution < 1.29 is 14.3 Å². The SMILES string of the molecule is CCOc1cc(C2NN=C3CCN(CC)CC32)ccc1OCC(=O)N(CC)CC. The number of hydrazone groups is 1. The van der Waals surface area contributed by atoms with E-state index in [0.717, 1.165) is 31.6 Å². The molecule has 2 aliphatic heterocycles. The minimum Gasteiger partial charge on any atom is -0.490 e. The largest absolute Gasteiger partial charge is 0.490 e. The predicted molar refractivity (Wildman–Crippen MR) is 115 cm³/mol. The molecule has 1 saturated heterocycles. The molecule has 2 atom stereocenters. The second kappa shape index (κ2) is 9.96. The molecule has 0 aromatic heterocycles. The van der Waals surface area contributed by atoms with Gasteiger partial charge in [0.1, 0.15) is 0 Å². The fourth-order valence-electron chi connectivity index (χ4n) is 4.12. The van der Waals surface area contributed by atoms with E-state index < -0.39 is 0 Å². The molecule has 160 valence electrons. The highest BCUT2D eigenvalue weighted by atomic mass is 16.5. The maximum Gasteiger partial charge on any atom is 0.260 e. The average molecular weight is 403 g/mol. The third kappa shape index (κ3) is 4.83. The average Bonchev–Trinajstić information content (AvgIpc) is 3.17. The predicted octanol–water partition coefficient (Wildman–Crippen LogP) is 2.67. The lowest BCUT2D eigenvalue weighted by Crippen LogP contribution is -2.41. The number of rotatable bonds is 9. The number of benzene rings is 1. The third-order valence-corrected chi connectivity index (χ3v) is 5.86. The summed E-state index contributed by atoms with van der Waals surface area (Å²) in [5.74, 6) is 1.65. The van der Waals surface area contributed by atoms with Gasteiger partial charge in [0.15, 0.2) is 18.1 Å². The summed E-state index contributed by atoms with van der Waals surface area (Å²) in [6.07, 6.45) is 1.02. The molecule has 2 heterocycles. The van der Waals surface area contributed by atoms with E-state index in [2.05, 4.69) is 28.4 Å². The monoisotopic (exact) mass is 402 g/mol. The summed E-state index contributed by atoms with van der Waals surface area (Å²) < 4.78 is 11.7. The molecule has 1 amide bonds. The molecule has 1 fully saturated rings. The van der Waals surface area contributed by atoms with Crippen molar-refractivity contribution in [2.45, 2.75) is 40.2 Å². The smallest absolute Gasteiger partial charge is 0.260 e. The van der Waals surface area contributed by atoms with Crippen LogP contribution in [-0.4, -0.2) is 67.4 Å². The Morgan fingerprint density at radius 1 is 1.21 bits per heavy atom. The number of likely N-dealkylation sites (tertiary alicyclic amines) is 1. The zero-order valence-corrected chi connectivity index (χ0v) is 18.1. The molecule has 2 unspecified atom stereocenters. The first-order chi connectivity index (χ1) is 14.1. The van der Waals surface area contributed by atoms with Gasteiger partial charge in [-0.25, -0.2) is 0 Å². The number of nitrogens with one attached hydrogen (secondary N) is 1. The van der Waals surface area contributed by atoms with Crippen molar-refractivity contribution in [1.29, 1.82) is 0 Å².